The molecule has 2 heterocycles. The van der Waals surface area contributed by atoms with Gasteiger partial charge in [-0.05, 0) is 28.1 Å². The highest BCUT2D eigenvalue weighted by Gasteiger charge is 2.07. The van der Waals surface area contributed by atoms with Gasteiger partial charge in [0.2, 0.25) is 4.73 Å². The molecule has 0 atom stereocenters. The molecule has 74 valence electrons. The van der Waals surface area contributed by atoms with Gasteiger partial charge in [-0.3, -0.25) is 0 Å². The van der Waals surface area contributed by atoms with Crippen LogP contribution in [0.3, 0.4) is 0 Å². The zero-order chi connectivity index (χ0) is 10.4. The molecule has 1 N–H and O–H groups in total. The van der Waals surface area contributed by atoms with Gasteiger partial charge in [-0.2, -0.15) is 4.52 Å². The Balaban J connectivity index is 2.69. The lowest BCUT2D eigenvalue weighted by molar-refractivity contribution is 0.871. The Morgan fingerprint density at radius 1 is 1.33 bits per heavy atom. The van der Waals surface area contributed by atoms with Crippen LogP contribution in [0.15, 0.2) is 33.8 Å². The SMILES string of the molecule is O=c1[nH]c2ccccc2c2nc(Br)nn12. The summed E-state index contributed by atoms with van der Waals surface area (Å²) in [6.45, 7) is 0. The quantitative estimate of drug-likeness (QED) is 0.667. The zero-order valence-electron chi connectivity index (χ0n) is 7.44. The molecule has 3 aromatic rings. The van der Waals surface area contributed by atoms with E-state index in [2.05, 4.69) is 31.0 Å². The van der Waals surface area contributed by atoms with E-state index in [0.29, 0.717) is 10.4 Å². The van der Waals surface area contributed by atoms with E-state index >= 15 is 0 Å². The molecule has 2 aromatic heterocycles. The van der Waals surface area contributed by atoms with Crippen molar-refractivity contribution < 1.29 is 0 Å². The summed E-state index contributed by atoms with van der Waals surface area (Å²) >= 11 is 3.15. The highest BCUT2D eigenvalue weighted by molar-refractivity contribution is 9.10. The first kappa shape index (κ1) is 8.60. The highest BCUT2D eigenvalue weighted by atomic mass is 79.9. The number of halogens is 1. The average Bonchev–Trinajstić information content (AvgIpc) is 2.61. The molecule has 0 saturated carbocycles. The van der Waals surface area contributed by atoms with Crippen molar-refractivity contribution in [2.24, 2.45) is 0 Å². The fourth-order valence-electron chi connectivity index (χ4n) is 1.56. The number of aromatic amines is 1. The van der Waals surface area contributed by atoms with Crippen LogP contribution in [-0.2, 0) is 0 Å². The number of hydrogen-bond acceptors (Lipinski definition) is 3. The molecule has 3 rings (SSSR count). The van der Waals surface area contributed by atoms with Gasteiger partial charge >= 0.3 is 5.69 Å². The smallest absolute Gasteiger partial charge is 0.305 e. The molecular weight excluding hydrogens is 260 g/mol. The number of hydrogen-bond donors (Lipinski definition) is 1. The third-order valence-corrected chi connectivity index (χ3v) is 2.52. The molecule has 0 aliphatic carbocycles. The summed E-state index contributed by atoms with van der Waals surface area (Å²) in [5.41, 5.74) is 1.03. The van der Waals surface area contributed by atoms with Crippen LogP contribution in [0.1, 0.15) is 0 Å². The molecular formula is C9H5BrN4O. The summed E-state index contributed by atoms with van der Waals surface area (Å²) in [5, 5.41) is 4.81. The normalized spacial score (nSPS) is 11.3. The minimum Gasteiger partial charge on any atom is -0.305 e. The van der Waals surface area contributed by atoms with Gasteiger partial charge in [0.05, 0.1) is 5.52 Å². The van der Waals surface area contributed by atoms with Crippen LogP contribution in [0.5, 0.6) is 0 Å². The number of fused-ring (bicyclic) bond motifs is 3. The molecule has 5 nitrogen and oxygen atoms in total. The van der Waals surface area contributed by atoms with Crippen molar-refractivity contribution in [1.82, 2.24) is 19.6 Å². The first-order valence-corrected chi connectivity index (χ1v) is 5.08. The summed E-state index contributed by atoms with van der Waals surface area (Å²) in [5.74, 6) is 0. The van der Waals surface area contributed by atoms with Crippen LogP contribution in [0.25, 0.3) is 16.6 Å². The van der Waals surface area contributed by atoms with E-state index in [1.807, 2.05) is 24.3 Å². The molecule has 0 bridgehead atoms. The molecule has 0 unspecified atom stereocenters. The summed E-state index contributed by atoms with van der Waals surface area (Å²) < 4.78 is 1.65. The predicted octanol–water partition coefficient (Wildman–Crippen LogP) is 1.33. The van der Waals surface area contributed by atoms with Gasteiger partial charge in [0.25, 0.3) is 0 Å². The second-order valence-electron chi connectivity index (χ2n) is 3.09. The molecule has 0 aliphatic heterocycles. The summed E-state index contributed by atoms with van der Waals surface area (Å²) in [6.07, 6.45) is 0. The highest BCUT2D eigenvalue weighted by Crippen LogP contribution is 2.15. The Morgan fingerprint density at radius 3 is 3.00 bits per heavy atom. The molecule has 0 radical (unpaired) electrons. The van der Waals surface area contributed by atoms with Crippen molar-refractivity contribution in [3.8, 4) is 0 Å². The van der Waals surface area contributed by atoms with Crippen LogP contribution in [-0.4, -0.2) is 19.6 Å². The summed E-state index contributed by atoms with van der Waals surface area (Å²) in [6, 6.07) is 7.48. The largest absolute Gasteiger partial charge is 0.348 e. The van der Waals surface area contributed by atoms with Crippen molar-refractivity contribution in [3.05, 3.63) is 39.5 Å². The van der Waals surface area contributed by atoms with Crippen LogP contribution in [0, 0.1) is 0 Å². The lowest BCUT2D eigenvalue weighted by atomic mass is 10.2. The van der Waals surface area contributed by atoms with E-state index in [9.17, 15) is 4.79 Å². The fraction of sp³-hybridized carbons (Fsp3) is 0. The van der Waals surface area contributed by atoms with Gasteiger partial charge in [-0.15, -0.1) is 5.10 Å². The Morgan fingerprint density at radius 2 is 2.13 bits per heavy atom. The number of aromatic nitrogens is 4. The first-order chi connectivity index (χ1) is 7.25. The minimum atomic E-state index is -0.290. The standard InChI is InChI=1S/C9H5BrN4O/c10-8-12-7-5-3-1-2-4-6(5)11-9(15)14(7)13-8/h1-4H,(H,11,15). The number of nitrogens with zero attached hydrogens (tertiary/aromatic N) is 3. The topological polar surface area (TPSA) is 63.0 Å². The second kappa shape index (κ2) is 2.90. The average molecular weight is 265 g/mol. The summed E-state index contributed by atoms with van der Waals surface area (Å²) in [7, 11) is 0. The van der Waals surface area contributed by atoms with Crippen molar-refractivity contribution in [3.63, 3.8) is 0 Å². The molecule has 6 heteroatoms. The third-order valence-electron chi connectivity index (χ3n) is 2.18. The lowest BCUT2D eigenvalue weighted by Crippen LogP contribution is -2.17. The summed E-state index contributed by atoms with van der Waals surface area (Å²) in [4.78, 5) is 18.5. The second-order valence-corrected chi connectivity index (χ2v) is 3.80. The van der Waals surface area contributed by atoms with E-state index in [1.54, 1.807) is 0 Å². The van der Waals surface area contributed by atoms with E-state index in [4.69, 9.17) is 0 Å². The van der Waals surface area contributed by atoms with Gasteiger partial charge in [0.15, 0.2) is 5.65 Å². The minimum absolute atomic E-state index is 0.290. The van der Waals surface area contributed by atoms with E-state index in [1.165, 1.54) is 4.52 Å². The maximum absolute atomic E-state index is 11.6. The number of benzene rings is 1. The van der Waals surface area contributed by atoms with Gasteiger partial charge in [-0.1, -0.05) is 12.1 Å². The Kier molecular flexibility index (Phi) is 1.66. The van der Waals surface area contributed by atoms with E-state index < -0.39 is 0 Å². The van der Waals surface area contributed by atoms with Crippen molar-refractivity contribution >= 4 is 32.5 Å². The molecule has 0 fully saturated rings. The molecule has 0 spiro atoms. The third kappa shape index (κ3) is 1.18. The Hall–Kier alpha value is -1.69. The van der Waals surface area contributed by atoms with Crippen LogP contribution < -0.4 is 5.69 Å². The van der Waals surface area contributed by atoms with E-state index in [0.717, 1.165) is 10.9 Å². The van der Waals surface area contributed by atoms with Gasteiger partial charge < -0.3 is 4.98 Å². The van der Waals surface area contributed by atoms with Crippen LogP contribution in [0.2, 0.25) is 0 Å². The van der Waals surface area contributed by atoms with Crippen molar-refractivity contribution in [2.75, 3.05) is 0 Å². The van der Waals surface area contributed by atoms with E-state index in [-0.39, 0.29) is 5.69 Å². The Labute approximate surface area is 91.9 Å². The van der Waals surface area contributed by atoms with Crippen molar-refractivity contribution in [1.29, 1.82) is 0 Å². The molecule has 0 saturated heterocycles. The molecule has 1 aromatic carbocycles. The lowest BCUT2D eigenvalue weighted by Gasteiger charge is -1.97. The van der Waals surface area contributed by atoms with Gasteiger partial charge in [0.1, 0.15) is 0 Å². The maximum Gasteiger partial charge on any atom is 0.348 e. The number of rotatable bonds is 0. The molecule has 15 heavy (non-hydrogen) atoms. The number of para-hydroxylation sites is 1. The van der Waals surface area contributed by atoms with Crippen LogP contribution in [0.4, 0.5) is 0 Å². The van der Waals surface area contributed by atoms with Gasteiger partial charge in [-0.25, -0.2) is 9.78 Å². The zero-order valence-corrected chi connectivity index (χ0v) is 9.02. The first-order valence-electron chi connectivity index (χ1n) is 4.29. The fourth-order valence-corrected chi connectivity index (χ4v) is 1.88. The number of nitrogens with one attached hydrogen (secondary N) is 1. The maximum atomic E-state index is 11.6. The number of H-pyrrole nitrogens is 1. The van der Waals surface area contributed by atoms with Gasteiger partial charge in [0, 0.05) is 5.39 Å². The Bertz CT molecular complexity index is 715. The monoisotopic (exact) mass is 264 g/mol. The molecule has 0 aliphatic rings. The van der Waals surface area contributed by atoms with Crippen LogP contribution >= 0.6 is 15.9 Å². The van der Waals surface area contributed by atoms with Crippen molar-refractivity contribution in [2.45, 2.75) is 0 Å². The predicted molar refractivity (Wildman–Crippen MR) is 58.8 cm³/mol. The molecule has 0 amide bonds.